The highest BCUT2D eigenvalue weighted by Crippen LogP contribution is 2.24. The van der Waals surface area contributed by atoms with Crippen LogP contribution >= 0.6 is 0 Å². The number of ether oxygens (including phenoxy) is 1. The molecule has 140 valence electrons. The molecule has 0 atom stereocenters. The van der Waals surface area contributed by atoms with Crippen molar-refractivity contribution in [2.24, 2.45) is 5.92 Å². The van der Waals surface area contributed by atoms with Crippen LogP contribution in [0.15, 0.2) is 30.5 Å². The lowest BCUT2D eigenvalue weighted by Crippen LogP contribution is -2.42. The summed E-state index contributed by atoms with van der Waals surface area (Å²) < 4.78 is 7.62. The predicted molar refractivity (Wildman–Crippen MR) is 99.4 cm³/mol. The third-order valence-corrected chi connectivity index (χ3v) is 4.74. The number of fused-ring (bicyclic) bond motifs is 1. The van der Waals surface area contributed by atoms with E-state index in [0.29, 0.717) is 24.6 Å². The summed E-state index contributed by atoms with van der Waals surface area (Å²) in [6.45, 7) is 7.93. The van der Waals surface area contributed by atoms with Crippen molar-refractivity contribution in [1.29, 1.82) is 0 Å². The quantitative estimate of drug-likeness (QED) is 0.900. The first kappa shape index (κ1) is 18.3. The van der Waals surface area contributed by atoms with Gasteiger partial charge in [0.25, 0.3) is 0 Å². The molecule has 2 heterocycles. The third kappa shape index (κ3) is 4.18. The normalized spacial score (nSPS) is 16.0. The highest BCUT2D eigenvalue weighted by molar-refractivity contribution is 5.93. The van der Waals surface area contributed by atoms with Crippen molar-refractivity contribution in [2.75, 3.05) is 13.1 Å². The Morgan fingerprint density at radius 2 is 1.88 bits per heavy atom. The number of carboxylic acid groups (broad SMARTS) is 1. The Morgan fingerprint density at radius 1 is 1.19 bits per heavy atom. The molecule has 1 saturated heterocycles. The Balaban J connectivity index is 1.60. The molecule has 26 heavy (non-hydrogen) atoms. The van der Waals surface area contributed by atoms with Crippen LogP contribution in [0.2, 0.25) is 0 Å². The SMILES string of the molecule is CC(C)(C)OC(=O)N1CCC(Cn2ccc3cc(C(=O)O)ccc32)CC1. The number of carboxylic acids is 1. The van der Waals surface area contributed by atoms with Gasteiger partial charge in [0.15, 0.2) is 0 Å². The number of hydrogen-bond acceptors (Lipinski definition) is 3. The number of amides is 1. The first-order chi connectivity index (χ1) is 12.2. The topological polar surface area (TPSA) is 71.8 Å². The van der Waals surface area contributed by atoms with E-state index in [2.05, 4.69) is 4.57 Å². The van der Waals surface area contributed by atoms with Crippen molar-refractivity contribution in [2.45, 2.75) is 45.8 Å². The van der Waals surface area contributed by atoms with E-state index < -0.39 is 11.6 Å². The van der Waals surface area contributed by atoms with E-state index in [4.69, 9.17) is 9.84 Å². The van der Waals surface area contributed by atoms with Gasteiger partial charge in [-0.1, -0.05) is 0 Å². The van der Waals surface area contributed by atoms with Gasteiger partial charge in [-0.05, 0) is 63.8 Å². The maximum Gasteiger partial charge on any atom is 0.410 e. The summed E-state index contributed by atoms with van der Waals surface area (Å²) in [6.07, 6.45) is 3.65. The number of rotatable bonds is 3. The molecule has 6 nitrogen and oxygen atoms in total. The Bertz CT molecular complexity index is 811. The van der Waals surface area contributed by atoms with Crippen LogP contribution < -0.4 is 0 Å². The Hall–Kier alpha value is -2.50. The molecule has 0 spiro atoms. The minimum atomic E-state index is -0.908. The molecular weight excluding hydrogens is 332 g/mol. The molecule has 1 aliphatic rings. The molecule has 3 rings (SSSR count). The van der Waals surface area contributed by atoms with Gasteiger partial charge < -0.3 is 19.3 Å². The Labute approximate surface area is 153 Å². The molecule has 0 radical (unpaired) electrons. The summed E-state index contributed by atoms with van der Waals surface area (Å²) in [7, 11) is 0. The van der Waals surface area contributed by atoms with Crippen LogP contribution in [0.5, 0.6) is 0 Å². The molecule has 1 amide bonds. The number of hydrogen-bond donors (Lipinski definition) is 1. The fourth-order valence-electron chi connectivity index (χ4n) is 3.40. The number of benzene rings is 1. The first-order valence-electron chi connectivity index (χ1n) is 9.03. The molecule has 0 unspecified atom stereocenters. The molecule has 1 fully saturated rings. The van der Waals surface area contributed by atoms with Crippen LogP contribution in [0.3, 0.4) is 0 Å². The number of piperidine rings is 1. The maximum atomic E-state index is 12.1. The zero-order valence-corrected chi connectivity index (χ0v) is 15.6. The van der Waals surface area contributed by atoms with Crippen LogP contribution in [0, 0.1) is 5.92 Å². The molecule has 1 aromatic carbocycles. The fraction of sp³-hybridized carbons (Fsp3) is 0.500. The Kier molecular flexibility index (Phi) is 4.94. The van der Waals surface area contributed by atoms with Crippen molar-refractivity contribution in [1.82, 2.24) is 9.47 Å². The summed E-state index contributed by atoms with van der Waals surface area (Å²) in [5.41, 5.74) is 0.887. The van der Waals surface area contributed by atoms with E-state index in [1.54, 1.807) is 17.0 Å². The van der Waals surface area contributed by atoms with Crippen LogP contribution in [0.25, 0.3) is 10.9 Å². The van der Waals surface area contributed by atoms with Gasteiger partial charge in [0.05, 0.1) is 5.56 Å². The van der Waals surface area contributed by atoms with Gasteiger partial charge in [-0.3, -0.25) is 0 Å². The predicted octanol–water partition coefficient (Wildman–Crippen LogP) is 3.99. The highest BCUT2D eigenvalue weighted by Gasteiger charge is 2.27. The van der Waals surface area contributed by atoms with Gasteiger partial charge in [-0.25, -0.2) is 9.59 Å². The van der Waals surface area contributed by atoms with Gasteiger partial charge in [-0.15, -0.1) is 0 Å². The summed E-state index contributed by atoms with van der Waals surface area (Å²) in [5, 5.41) is 10.0. The second kappa shape index (κ2) is 7.02. The number of aromatic nitrogens is 1. The number of carbonyl (C=O) groups excluding carboxylic acids is 1. The van der Waals surface area contributed by atoms with Crippen LogP contribution in [-0.4, -0.2) is 45.3 Å². The van der Waals surface area contributed by atoms with Crippen molar-refractivity contribution >= 4 is 23.0 Å². The number of aromatic carboxylic acids is 1. The highest BCUT2D eigenvalue weighted by atomic mass is 16.6. The minimum absolute atomic E-state index is 0.233. The lowest BCUT2D eigenvalue weighted by atomic mass is 9.97. The van der Waals surface area contributed by atoms with Crippen LogP contribution in [0.4, 0.5) is 4.79 Å². The molecule has 0 bridgehead atoms. The van der Waals surface area contributed by atoms with Crippen molar-refractivity contribution in [3.05, 3.63) is 36.0 Å². The average Bonchev–Trinajstić information content (AvgIpc) is 2.96. The lowest BCUT2D eigenvalue weighted by Gasteiger charge is -2.33. The van der Waals surface area contributed by atoms with Gasteiger partial charge >= 0.3 is 12.1 Å². The summed E-state index contributed by atoms with van der Waals surface area (Å²) >= 11 is 0. The molecule has 6 heteroatoms. The summed E-state index contributed by atoms with van der Waals surface area (Å²) in [4.78, 5) is 25.0. The van der Waals surface area contributed by atoms with Gasteiger partial charge in [-0.2, -0.15) is 0 Å². The van der Waals surface area contributed by atoms with Crippen LogP contribution in [0.1, 0.15) is 44.0 Å². The zero-order chi connectivity index (χ0) is 18.9. The fourth-order valence-corrected chi connectivity index (χ4v) is 3.40. The van der Waals surface area contributed by atoms with Crippen molar-refractivity contribution in [3.8, 4) is 0 Å². The second-order valence-electron chi connectivity index (χ2n) is 7.96. The second-order valence-corrected chi connectivity index (χ2v) is 7.96. The molecule has 2 aromatic rings. The molecule has 1 N–H and O–H groups in total. The third-order valence-electron chi connectivity index (χ3n) is 4.74. The number of carbonyl (C=O) groups is 2. The summed E-state index contributed by atoms with van der Waals surface area (Å²) in [6, 6.07) is 7.18. The minimum Gasteiger partial charge on any atom is -0.478 e. The molecule has 0 aliphatic carbocycles. The largest absolute Gasteiger partial charge is 0.478 e. The van der Waals surface area contributed by atoms with Gasteiger partial charge in [0.1, 0.15) is 5.60 Å². The van der Waals surface area contributed by atoms with Crippen molar-refractivity contribution < 1.29 is 19.4 Å². The maximum absolute atomic E-state index is 12.1. The molecular formula is C20H26N2O4. The molecule has 1 aliphatic heterocycles. The standard InChI is InChI=1S/C20H26N2O4/c1-20(2,3)26-19(25)21-9-6-14(7-10-21)13-22-11-8-15-12-16(18(23)24)4-5-17(15)22/h4-5,8,11-12,14H,6-7,9-10,13H2,1-3H3,(H,23,24). The van der Waals surface area contributed by atoms with E-state index in [-0.39, 0.29) is 6.09 Å². The first-order valence-corrected chi connectivity index (χ1v) is 9.03. The smallest absolute Gasteiger partial charge is 0.410 e. The monoisotopic (exact) mass is 358 g/mol. The lowest BCUT2D eigenvalue weighted by molar-refractivity contribution is 0.0178. The van der Waals surface area contributed by atoms with E-state index in [9.17, 15) is 9.59 Å². The van der Waals surface area contributed by atoms with E-state index in [1.807, 2.05) is 39.1 Å². The van der Waals surface area contributed by atoms with E-state index in [1.165, 1.54) is 0 Å². The van der Waals surface area contributed by atoms with E-state index >= 15 is 0 Å². The number of nitrogens with zero attached hydrogens (tertiary/aromatic N) is 2. The van der Waals surface area contributed by atoms with Gasteiger partial charge in [0, 0.05) is 36.7 Å². The number of likely N-dealkylation sites (tertiary alicyclic amines) is 1. The molecule has 0 saturated carbocycles. The van der Waals surface area contributed by atoms with Crippen LogP contribution in [-0.2, 0) is 11.3 Å². The zero-order valence-electron chi connectivity index (χ0n) is 15.6. The van der Waals surface area contributed by atoms with E-state index in [0.717, 1.165) is 30.3 Å². The summed E-state index contributed by atoms with van der Waals surface area (Å²) in [5.74, 6) is -0.419. The molecule has 1 aromatic heterocycles. The average molecular weight is 358 g/mol. The van der Waals surface area contributed by atoms with Crippen molar-refractivity contribution in [3.63, 3.8) is 0 Å². The van der Waals surface area contributed by atoms with Gasteiger partial charge in [0.2, 0.25) is 0 Å². The Morgan fingerprint density at radius 3 is 2.50 bits per heavy atom.